The summed E-state index contributed by atoms with van der Waals surface area (Å²) in [5.74, 6) is -0.279. The SMILES string of the molecule is O=S(=O)(Oc1ccccc1O)c1cccs1. The Labute approximate surface area is 96.9 Å². The minimum atomic E-state index is -3.83. The van der Waals surface area contributed by atoms with Crippen LogP contribution < -0.4 is 4.18 Å². The quantitative estimate of drug-likeness (QED) is 0.855. The molecule has 0 aliphatic heterocycles. The molecule has 0 fully saturated rings. The maximum absolute atomic E-state index is 11.7. The molecule has 2 rings (SSSR count). The summed E-state index contributed by atoms with van der Waals surface area (Å²) in [6.07, 6.45) is 0. The summed E-state index contributed by atoms with van der Waals surface area (Å²) >= 11 is 1.06. The van der Waals surface area contributed by atoms with E-state index in [1.165, 1.54) is 18.2 Å². The first kappa shape index (κ1) is 11.0. The van der Waals surface area contributed by atoms with Crippen molar-refractivity contribution in [2.45, 2.75) is 4.21 Å². The lowest BCUT2D eigenvalue weighted by Gasteiger charge is -2.06. The van der Waals surface area contributed by atoms with Crippen molar-refractivity contribution in [3.8, 4) is 11.5 Å². The molecule has 0 radical (unpaired) electrons. The van der Waals surface area contributed by atoms with Crippen LogP contribution in [-0.2, 0) is 10.1 Å². The first-order valence-corrected chi connectivity index (χ1v) is 6.64. The molecule has 6 heteroatoms. The highest BCUT2D eigenvalue weighted by molar-refractivity contribution is 7.89. The fourth-order valence-corrected chi connectivity index (χ4v) is 2.99. The van der Waals surface area contributed by atoms with E-state index in [0.717, 1.165) is 11.3 Å². The number of rotatable bonds is 3. The number of hydrogen-bond donors (Lipinski definition) is 1. The summed E-state index contributed by atoms with van der Waals surface area (Å²) < 4.78 is 28.3. The summed E-state index contributed by atoms with van der Waals surface area (Å²) in [6, 6.07) is 8.98. The van der Waals surface area contributed by atoms with Crippen LogP contribution in [-0.4, -0.2) is 13.5 Å². The lowest BCUT2D eigenvalue weighted by molar-refractivity contribution is 0.429. The number of para-hydroxylation sites is 2. The van der Waals surface area contributed by atoms with Gasteiger partial charge < -0.3 is 9.29 Å². The Balaban J connectivity index is 2.33. The lowest BCUT2D eigenvalue weighted by Crippen LogP contribution is -2.07. The molecule has 4 nitrogen and oxygen atoms in total. The standard InChI is InChI=1S/C10H8O4S2/c11-8-4-1-2-5-9(8)14-16(12,13)10-6-3-7-15-10/h1-7,11H. The normalized spacial score (nSPS) is 11.2. The van der Waals surface area contributed by atoms with Crippen LogP contribution in [0.5, 0.6) is 11.5 Å². The van der Waals surface area contributed by atoms with Crippen molar-refractivity contribution >= 4 is 21.5 Å². The average Bonchev–Trinajstić information content (AvgIpc) is 2.75. The second-order valence-electron chi connectivity index (χ2n) is 2.94. The highest BCUT2D eigenvalue weighted by Crippen LogP contribution is 2.28. The van der Waals surface area contributed by atoms with Crippen LogP contribution in [0.3, 0.4) is 0 Å². The predicted molar refractivity (Wildman–Crippen MR) is 60.2 cm³/mol. The molecule has 0 saturated heterocycles. The third kappa shape index (κ3) is 2.17. The molecule has 0 spiro atoms. The molecule has 2 aromatic rings. The highest BCUT2D eigenvalue weighted by Gasteiger charge is 2.18. The monoisotopic (exact) mass is 256 g/mol. The summed E-state index contributed by atoms with van der Waals surface area (Å²) in [5, 5.41) is 11.0. The highest BCUT2D eigenvalue weighted by atomic mass is 32.3. The Bertz CT molecular complexity index is 573. The van der Waals surface area contributed by atoms with Gasteiger partial charge in [-0.1, -0.05) is 18.2 Å². The number of thiophene rings is 1. The number of phenols is 1. The molecular weight excluding hydrogens is 248 g/mol. The smallest absolute Gasteiger partial charge is 0.348 e. The van der Waals surface area contributed by atoms with Crippen LogP contribution in [0.1, 0.15) is 0 Å². The first-order valence-electron chi connectivity index (χ1n) is 4.35. The summed E-state index contributed by atoms with van der Waals surface area (Å²) in [5.41, 5.74) is 0. The van der Waals surface area contributed by atoms with Gasteiger partial charge in [0.1, 0.15) is 0 Å². The van der Waals surface area contributed by atoms with E-state index in [-0.39, 0.29) is 15.7 Å². The van der Waals surface area contributed by atoms with Crippen LogP contribution in [0.15, 0.2) is 46.0 Å². The molecule has 0 amide bonds. The maximum Gasteiger partial charge on any atom is 0.348 e. The van der Waals surface area contributed by atoms with Crippen molar-refractivity contribution in [3.63, 3.8) is 0 Å². The maximum atomic E-state index is 11.7. The van der Waals surface area contributed by atoms with Gasteiger partial charge >= 0.3 is 10.1 Å². The Morgan fingerprint density at radius 1 is 1.12 bits per heavy atom. The minimum absolute atomic E-state index is 0.0732. The van der Waals surface area contributed by atoms with Gasteiger partial charge in [0.2, 0.25) is 0 Å². The zero-order chi connectivity index (χ0) is 11.6. The number of phenolic OH excluding ortho intramolecular Hbond substituents is 1. The van der Waals surface area contributed by atoms with Gasteiger partial charge in [-0.15, -0.1) is 11.3 Å². The molecule has 1 aromatic heterocycles. The number of benzene rings is 1. The third-order valence-electron chi connectivity index (χ3n) is 1.81. The molecule has 84 valence electrons. The molecule has 0 unspecified atom stereocenters. The minimum Gasteiger partial charge on any atom is -0.504 e. The average molecular weight is 256 g/mol. The van der Waals surface area contributed by atoms with E-state index in [0.29, 0.717) is 0 Å². The van der Waals surface area contributed by atoms with E-state index < -0.39 is 10.1 Å². The summed E-state index contributed by atoms with van der Waals surface area (Å²) in [4.78, 5) is 0. The van der Waals surface area contributed by atoms with E-state index in [1.54, 1.807) is 23.6 Å². The van der Waals surface area contributed by atoms with E-state index in [1.807, 2.05) is 0 Å². The van der Waals surface area contributed by atoms with Crippen molar-refractivity contribution in [1.29, 1.82) is 0 Å². The van der Waals surface area contributed by atoms with Gasteiger partial charge in [0, 0.05) is 0 Å². The van der Waals surface area contributed by atoms with Crippen molar-refractivity contribution in [3.05, 3.63) is 41.8 Å². The molecule has 1 N–H and O–H groups in total. The topological polar surface area (TPSA) is 63.6 Å². The third-order valence-corrected chi connectivity index (χ3v) is 4.40. The van der Waals surface area contributed by atoms with Crippen molar-refractivity contribution in [1.82, 2.24) is 0 Å². The molecule has 1 heterocycles. The van der Waals surface area contributed by atoms with E-state index >= 15 is 0 Å². The van der Waals surface area contributed by atoms with Gasteiger partial charge in [0.15, 0.2) is 15.7 Å². The zero-order valence-corrected chi connectivity index (χ0v) is 9.66. The Hall–Kier alpha value is -1.53. The number of hydrogen-bond acceptors (Lipinski definition) is 5. The number of aromatic hydroxyl groups is 1. The van der Waals surface area contributed by atoms with E-state index in [4.69, 9.17) is 4.18 Å². The molecule has 16 heavy (non-hydrogen) atoms. The molecule has 0 aliphatic rings. The zero-order valence-electron chi connectivity index (χ0n) is 8.03. The van der Waals surface area contributed by atoms with E-state index in [2.05, 4.69) is 0 Å². The van der Waals surface area contributed by atoms with Crippen LogP contribution in [0.4, 0.5) is 0 Å². The van der Waals surface area contributed by atoms with Crippen molar-refractivity contribution in [2.24, 2.45) is 0 Å². The molecule has 1 aromatic carbocycles. The summed E-state index contributed by atoms with van der Waals surface area (Å²) in [6.45, 7) is 0. The van der Waals surface area contributed by atoms with Crippen molar-refractivity contribution < 1.29 is 17.7 Å². The Kier molecular flexibility index (Phi) is 2.84. The van der Waals surface area contributed by atoms with Gasteiger partial charge in [0.05, 0.1) is 0 Å². The molecule has 0 saturated carbocycles. The largest absolute Gasteiger partial charge is 0.504 e. The fraction of sp³-hybridized carbons (Fsp3) is 0. The van der Waals surface area contributed by atoms with E-state index in [9.17, 15) is 13.5 Å². The van der Waals surface area contributed by atoms with Gasteiger partial charge in [-0.25, -0.2) is 0 Å². The Morgan fingerprint density at radius 2 is 1.88 bits per heavy atom. The summed E-state index contributed by atoms with van der Waals surface area (Å²) in [7, 11) is -3.83. The molecule has 0 bridgehead atoms. The van der Waals surface area contributed by atoms with Crippen LogP contribution in [0.25, 0.3) is 0 Å². The molecule has 0 atom stereocenters. The van der Waals surface area contributed by atoms with Crippen molar-refractivity contribution in [2.75, 3.05) is 0 Å². The molecule has 0 aliphatic carbocycles. The second kappa shape index (κ2) is 4.15. The van der Waals surface area contributed by atoms with Crippen LogP contribution in [0, 0.1) is 0 Å². The van der Waals surface area contributed by atoms with Gasteiger partial charge in [0.25, 0.3) is 0 Å². The van der Waals surface area contributed by atoms with Crippen LogP contribution in [0.2, 0.25) is 0 Å². The van der Waals surface area contributed by atoms with Gasteiger partial charge in [-0.3, -0.25) is 0 Å². The first-order chi connectivity index (χ1) is 7.59. The van der Waals surface area contributed by atoms with Gasteiger partial charge in [-0.2, -0.15) is 8.42 Å². The van der Waals surface area contributed by atoms with Crippen LogP contribution >= 0.6 is 11.3 Å². The lowest BCUT2D eigenvalue weighted by atomic mass is 10.3. The van der Waals surface area contributed by atoms with Gasteiger partial charge in [-0.05, 0) is 23.6 Å². The second-order valence-corrected chi connectivity index (χ2v) is 5.66. The predicted octanol–water partition coefficient (Wildman–Crippen LogP) is 2.22. The molecular formula is C10H8O4S2. The fourth-order valence-electron chi connectivity index (χ4n) is 1.09. The Morgan fingerprint density at radius 3 is 2.50 bits per heavy atom.